The third kappa shape index (κ3) is 3.41. The van der Waals surface area contributed by atoms with Gasteiger partial charge in [0, 0.05) is 28.6 Å². The lowest BCUT2D eigenvalue weighted by Gasteiger charge is -2.20. The highest BCUT2D eigenvalue weighted by Crippen LogP contribution is 2.38. The van der Waals surface area contributed by atoms with E-state index in [1.807, 2.05) is 0 Å². The molecule has 2 aliphatic rings. The third-order valence-electron chi connectivity index (χ3n) is 4.15. The Bertz CT molecular complexity index is 979. The van der Waals surface area contributed by atoms with Gasteiger partial charge < -0.3 is 18.9 Å². The number of rotatable bonds is 3. The molecule has 0 radical (unpaired) electrons. The first-order chi connectivity index (χ1) is 13.0. The number of allylic oxidation sites excluding steroid dienone is 1. The zero-order valence-corrected chi connectivity index (χ0v) is 15.2. The van der Waals surface area contributed by atoms with Crippen molar-refractivity contribution in [3.63, 3.8) is 0 Å². The molecule has 0 saturated carbocycles. The van der Waals surface area contributed by atoms with E-state index in [-0.39, 0.29) is 30.7 Å². The minimum Gasteiger partial charge on any atom is -0.467 e. The first kappa shape index (κ1) is 17.6. The molecule has 0 N–H and O–H groups in total. The summed E-state index contributed by atoms with van der Waals surface area (Å²) >= 11 is 6.16. The summed E-state index contributed by atoms with van der Waals surface area (Å²) in [4.78, 5) is 24.1. The van der Waals surface area contributed by atoms with Crippen LogP contribution in [0.15, 0.2) is 36.1 Å². The number of benzene rings is 2. The Kier molecular flexibility index (Phi) is 4.59. The standard InChI is InChI=1S/C20H15ClO6/c1-2-18(22)26-14-3-4-15-16(8-14)27-17(19(15)23)7-11-5-13(21)6-12-9-24-10-25-20(11)12/h3-8H,2,9-10H2,1H3/b17-7-. The summed E-state index contributed by atoms with van der Waals surface area (Å²) in [5.41, 5.74) is 1.84. The van der Waals surface area contributed by atoms with Gasteiger partial charge in [-0.2, -0.15) is 0 Å². The van der Waals surface area contributed by atoms with Gasteiger partial charge in [-0.1, -0.05) is 18.5 Å². The van der Waals surface area contributed by atoms with Crippen LogP contribution in [-0.2, 0) is 16.1 Å². The Labute approximate surface area is 160 Å². The molecular formula is C20H15ClO6. The second-order valence-electron chi connectivity index (χ2n) is 6.02. The number of halogens is 1. The lowest BCUT2D eigenvalue weighted by Crippen LogP contribution is -2.12. The minimum absolute atomic E-state index is 0.131. The van der Waals surface area contributed by atoms with Gasteiger partial charge in [0.05, 0.1) is 12.2 Å². The summed E-state index contributed by atoms with van der Waals surface area (Å²) in [5, 5.41) is 0.506. The molecule has 0 spiro atoms. The van der Waals surface area contributed by atoms with Crippen molar-refractivity contribution in [1.29, 1.82) is 0 Å². The number of hydrogen-bond acceptors (Lipinski definition) is 6. The van der Waals surface area contributed by atoms with Crippen molar-refractivity contribution in [3.05, 3.63) is 57.8 Å². The number of hydrogen-bond donors (Lipinski definition) is 0. The lowest BCUT2D eigenvalue weighted by atomic mass is 10.1. The first-order valence-corrected chi connectivity index (χ1v) is 8.75. The maximum atomic E-state index is 12.6. The van der Waals surface area contributed by atoms with Gasteiger partial charge >= 0.3 is 5.97 Å². The fourth-order valence-electron chi connectivity index (χ4n) is 2.89. The molecule has 2 aromatic rings. The fourth-order valence-corrected chi connectivity index (χ4v) is 3.14. The molecule has 27 heavy (non-hydrogen) atoms. The van der Waals surface area contributed by atoms with Gasteiger partial charge in [-0.05, 0) is 30.3 Å². The summed E-state index contributed by atoms with van der Waals surface area (Å²) in [6, 6.07) is 8.14. The molecular weight excluding hydrogens is 372 g/mol. The van der Waals surface area contributed by atoms with Crippen molar-refractivity contribution in [3.8, 4) is 17.2 Å². The van der Waals surface area contributed by atoms with Crippen LogP contribution in [-0.4, -0.2) is 18.5 Å². The smallest absolute Gasteiger partial charge is 0.310 e. The van der Waals surface area contributed by atoms with E-state index in [2.05, 4.69) is 0 Å². The highest BCUT2D eigenvalue weighted by molar-refractivity contribution is 6.31. The van der Waals surface area contributed by atoms with Crippen LogP contribution >= 0.6 is 11.6 Å². The van der Waals surface area contributed by atoms with Crippen molar-refractivity contribution >= 4 is 29.4 Å². The second-order valence-corrected chi connectivity index (χ2v) is 6.46. The van der Waals surface area contributed by atoms with E-state index in [1.165, 1.54) is 6.07 Å². The molecule has 0 unspecified atom stereocenters. The zero-order valence-electron chi connectivity index (χ0n) is 14.4. The second kappa shape index (κ2) is 7.06. The molecule has 0 aromatic heterocycles. The number of Topliss-reactive ketones (excluding diaryl/α,β-unsaturated/α-hetero) is 1. The van der Waals surface area contributed by atoms with Gasteiger partial charge in [-0.25, -0.2) is 0 Å². The lowest BCUT2D eigenvalue weighted by molar-refractivity contribution is -0.134. The molecule has 0 fully saturated rings. The number of esters is 1. The Morgan fingerprint density at radius 1 is 1.30 bits per heavy atom. The van der Waals surface area contributed by atoms with Crippen molar-refractivity contribution in [2.24, 2.45) is 0 Å². The van der Waals surface area contributed by atoms with Crippen LogP contribution in [0.4, 0.5) is 0 Å². The average molecular weight is 387 g/mol. The minimum atomic E-state index is -0.361. The topological polar surface area (TPSA) is 71.1 Å². The van der Waals surface area contributed by atoms with Gasteiger partial charge in [-0.15, -0.1) is 0 Å². The van der Waals surface area contributed by atoms with Crippen LogP contribution in [0.1, 0.15) is 34.8 Å². The fraction of sp³-hybridized carbons (Fsp3) is 0.200. The monoisotopic (exact) mass is 386 g/mol. The van der Waals surface area contributed by atoms with E-state index in [0.29, 0.717) is 40.0 Å². The Balaban J connectivity index is 1.67. The van der Waals surface area contributed by atoms with Crippen LogP contribution < -0.4 is 14.2 Å². The maximum absolute atomic E-state index is 12.6. The quantitative estimate of drug-likeness (QED) is 0.448. The summed E-state index contributed by atoms with van der Waals surface area (Å²) in [7, 11) is 0. The number of carbonyl (C=O) groups excluding carboxylic acids is 2. The van der Waals surface area contributed by atoms with Crippen LogP contribution in [0.25, 0.3) is 6.08 Å². The normalized spacial score (nSPS) is 16.4. The molecule has 138 valence electrons. The summed E-state index contributed by atoms with van der Waals surface area (Å²) in [6.07, 6.45) is 1.85. The number of ketones is 1. The van der Waals surface area contributed by atoms with E-state index < -0.39 is 0 Å². The highest BCUT2D eigenvalue weighted by Gasteiger charge is 2.29. The van der Waals surface area contributed by atoms with Gasteiger partial charge in [0.15, 0.2) is 12.6 Å². The predicted molar refractivity (Wildman–Crippen MR) is 97.0 cm³/mol. The van der Waals surface area contributed by atoms with E-state index in [4.69, 9.17) is 30.5 Å². The van der Waals surface area contributed by atoms with Crippen LogP contribution in [0.5, 0.6) is 17.2 Å². The molecule has 4 rings (SSSR count). The Morgan fingerprint density at radius 3 is 2.96 bits per heavy atom. The molecule has 2 heterocycles. The third-order valence-corrected chi connectivity index (χ3v) is 4.37. The summed E-state index contributed by atoms with van der Waals surface area (Å²) < 4.78 is 21.7. The van der Waals surface area contributed by atoms with E-state index >= 15 is 0 Å². The molecule has 0 saturated heterocycles. The van der Waals surface area contributed by atoms with Crippen LogP contribution in [0.2, 0.25) is 5.02 Å². The van der Waals surface area contributed by atoms with E-state index in [9.17, 15) is 9.59 Å². The molecule has 0 amide bonds. The summed E-state index contributed by atoms with van der Waals surface area (Å²) in [5.74, 6) is 0.800. The number of ether oxygens (including phenoxy) is 4. The maximum Gasteiger partial charge on any atom is 0.310 e. The largest absolute Gasteiger partial charge is 0.467 e. The highest BCUT2D eigenvalue weighted by atomic mass is 35.5. The van der Waals surface area contributed by atoms with Crippen molar-refractivity contribution < 1.29 is 28.5 Å². The van der Waals surface area contributed by atoms with Gasteiger partial charge in [0.1, 0.15) is 17.2 Å². The van der Waals surface area contributed by atoms with Gasteiger partial charge in [-0.3, -0.25) is 9.59 Å². The molecule has 6 nitrogen and oxygen atoms in total. The Hall–Kier alpha value is -2.83. The summed E-state index contributed by atoms with van der Waals surface area (Å²) in [6.45, 7) is 2.22. The average Bonchev–Trinajstić information content (AvgIpc) is 2.96. The number of carbonyl (C=O) groups is 2. The zero-order chi connectivity index (χ0) is 19.0. The molecule has 7 heteroatoms. The van der Waals surface area contributed by atoms with Gasteiger partial charge in [0.2, 0.25) is 5.78 Å². The SMILES string of the molecule is CCC(=O)Oc1ccc2c(c1)O/C(=C\c1cc(Cl)cc3c1OCOC3)C2=O. The van der Waals surface area contributed by atoms with Gasteiger partial charge in [0.25, 0.3) is 0 Å². The Morgan fingerprint density at radius 2 is 2.15 bits per heavy atom. The van der Waals surface area contributed by atoms with E-state index in [0.717, 1.165) is 5.56 Å². The van der Waals surface area contributed by atoms with Crippen LogP contribution in [0, 0.1) is 0 Å². The van der Waals surface area contributed by atoms with Crippen molar-refractivity contribution in [1.82, 2.24) is 0 Å². The van der Waals surface area contributed by atoms with Crippen LogP contribution in [0.3, 0.4) is 0 Å². The van der Waals surface area contributed by atoms with E-state index in [1.54, 1.807) is 37.3 Å². The molecule has 2 aromatic carbocycles. The first-order valence-electron chi connectivity index (χ1n) is 8.37. The molecule has 0 atom stereocenters. The molecule has 0 bridgehead atoms. The number of fused-ring (bicyclic) bond motifs is 2. The molecule has 0 aliphatic carbocycles. The predicted octanol–water partition coefficient (Wildman–Crippen LogP) is 4.14. The van der Waals surface area contributed by atoms with Crippen molar-refractivity contribution in [2.45, 2.75) is 20.0 Å². The molecule has 2 aliphatic heterocycles. The van der Waals surface area contributed by atoms with Crippen molar-refractivity contribution in [2.75, 3.05) is 6.79 Å².